The van der Waals surface area contributed by atoms with Gasteiger partial charge in [0.2, 0.25) is 0 Å². The second-order valence-corrected chi connectivity index (χ2v) is 4.41. The minimum absolute atomic E-state index is 0.0229. The number of hydrogen-bond donors (Lipinski definition) is 0. The molecule has 0 saturated carbocycles. The van der Waals surface area contributed by atoms with Crippen LogP contribution < -0.4 is 9.47 Å². The number of alkyl halides is 1. The van der Waals surface area contributed by atoms with Crippen LogP contribution in [0.5, 0.6) is 11.5 Å². The predicted molar refractivity (Wildman–Crippen MR) is 74.0 cm³/mol. The molecule has 1 aromatic rings. The van der Waals surface area contributed by atoms with Crippen molar-refractivity contribution in [2.45, 2.75) is 6.42 Å². The number of nitrogens with zero attached hydrogens (tertiary/aromatic N) is 1. The summed E-state index contributed by atoms with van der Waals surface area (Å²) in [5.41, 5.74) is -0.312. The molecule has 18 heavy (non-hydrogen) atoms. The van der Waals surface area contributed by atoms with Crippen molar-refractivity contribution in [2.24, 2.45) is 0 Å². The van der Waals surface area contributed by atoms with Crippen molar-refractivity contribution in [3.63, 3.8) is 0 Å². The Labute approximate surface area is 118 Å². The minimum atomic E-state index is -0.624. The zero-order valence-corrected chi connectivity index (χ0v) is 11.9. The van der Waals surface area contributed by atoms with E-state index in [0.717, 1.165) is 10.8 Å². The van der Waals surface area contributed by atoms with Gasteiger partial charge >= 0.3 is 0 Å². The molecule has 7 heteroatoms. The number of hydrogen-bond acceptors (Lipinski definition) is 5. The summed E-state index contributed by atoms with van der Waals surface area (Å²) >= 11 is 2.22. The number of halogens is 1. The van der Waals surface area contributed by atoms with E-state index >= 15 is 0 Å². The van der Waals surface area contributed by atoms with Crippen molar-refractivity contribution in [1.29, 1.82) is 0 Å². The average Bonchev–Trinajstić information content (AvgIpc) is 2.38. The van der Waals surface area contributed by atoms with Gasteiger partial charge in [-0.3, -0.25) is 14.9 Å². The minimum Gasteiger partial charge on any atom is -0.493 e. The van der Waals surface area contributed by atoms with Gasteiger partial charge in [-0.1, -0.05) is 22.6 Å². The highest BCUT2D eigenvalue weighted by atomic mass is 127. The van der Waals surface area contributed by atoms with E-state index in [4.69, 9.17) is 9.47 Å². The summed E-state index contributed by atoms with van der Waals surface area (Å²) in [4.78, 5) is 21.0. The molecule has 98 valence electrons. The van der Waals surface area contributed by atoms with Crippen LogP contribution in [0.2, 0.25) is 0 Å². The molecule has 0 aliphatic rings. The molecule has 0 aliphatic heterocycles. The molecule has 1 aromatic carbocycles. The fraction of sp³-hybridized carbons (Fsp3) is 0.364. The van der Waals surface area contributed by atoms with E-state index in [1.165, 1.54) is 19.2 Å². The van der Waals surface area contributed by atoms with Crippen molar-refractivity contribution >= 4 is 34.6 Å². The van der Waals surface area contributed by atoms with Gasteiger partial charge in [-0.05, 0) is 6.42 Å². The Hall–Kier alpha value is -1.38. The maximum atomic E-state index is 10.8. The lowest BCUT2D eigenvalue weighted by atomic mass is 10.1. The van der Waals surface area contributed by atoms with Crippen LogP contribution in [0.25, 0.3) is 0 Å². The van der Waals surface area contributed by atoms with E-state index < -0.39 is 4.92 Å². The highest BCUT2D eigenvalue weighted by molar-refractivity contribution is 14.1. The highest BCUT2D eigenvalue weighted by Crippen LogP contribution is 2.34. The SMILES string of the molecule is COc1cc([N+](=O)[O-])c(C=O)cc1OCCCI. The average molecular weight is 365 g/mol. The topological polar surface area (TPSA) is 78.7 Å². The normalized spacial score (nSPS) is 9.89. The Morgan fingerprint density at radius 2 is 2.17 bits per heavy atom. The number of methoxy groups -OCH3 is 1. The number of benzene rings is 1. The van der Waals surface area contributed by atoms with Gasteiger partial charge < -0.3 is 9.47 Å². The van der Waals surface area contributed by atoms with E-state index in [9.17, 15) is 14.9 Å². The second-order valence-electron chi connectivity index (χ2n) is 3.33. The monoisotopic (exact) mass is 365 g/mol. The number of nitro benzene ring substituents is 1. The maximum Gasteiger partial charge on any atom is 0.283 e. The quantitative estimate of drug-likeness (QED) is 0.185. The van der Waals surface area contributed by atoms with Crippen LogP contribution in [0.3, 0.4) is 0 Å². The van der Waals surface area contributed by atoms with Crippen molar-refractivity contribution < 1.29 is 19.2 Å². The fourth-order valence-electron chi connectivity index (χ4n) is 1.33. The molecule has 0 unspecified atom stereocenters. The molecule has 0 spiro atoms. The molecule has 0 amide bonds. The summed E-state index contributed by atoms with van der Waals surface area (Å²) in [5, 5.41) is 10.8. The van der Waals surface area contributed by atoms with Crippen LogP contribution in [0.1, 0.15) is 16.8 Å². The Bertz CT molecular complexity index is 449. The molecule has 0 radical (unpaired) electrons. The van der Waals surface area contributed by atoms with Crippen LogP contribution in [0, 0.1) is 10.1 Å². The zero-order valence-electron chi connectivity index (χ0n) is 9.72. The largest absolute Gasteiger partial charge is 0.493 e. The van der Waals surface area contributed by atoms with Crippen LogP contribution in [-0.2, 0) is 0 Å². The lowest BCUT2D eigenvalue weighted by Gasteiger charge is -2.10. The summed E-state index contributed by atoms with van der Waals surface area (Å²) in [6.07, 6.45) is 1.28. The van der Waals surface area contributed by atoms with Crippen molar-refractivity contribution in [3.05, 3.63) is 27.8 Å². The van der Waals surface area contributed by atoms with E-state index in [1.807, 2.05) is 0 Å². The van der Waals surface area contributed by atoms with Crippen molar-refractivity contribution in [3.8, 4) is 11.5 Å². The summed E-state index contributed by atoms with van der Waals surface area (Å²) in [6, 6.07) is 2.53. The predicted octanol–water partition coefficient (Wildman–Crippen LogP) is 2.62. The fourth-order valence-corrected chi connectivity index (χ4v) is 1.64. The van der Waals surface area contributed by atoms with Crippen LogP contribution >= 0.6 is 22.6 Å². The van der Waals surface area contributed by atoms with Crippen molar-refractivity contribution in [2.75, 3.05) is 18.1 Å². The van der Waals surface area contributed by atoms with Crippen molar-refractivity contribution in [1.82, 2.24) is 0 Å². The van der Waals surface area contributed by atoms with Gasteiger partial charge in [-0.25, -0.2) is 0 Å². The molecule has 0 N–H and O–H groups in total. The van der Waals surface area contributed by atoms with Gasteiger partial charge in [0.15, 0.2) is 17.8 Å². The molecular weight excluding hydrogens is 353 g/mol. The number of ether oxygens (including phenoxy) is 2. The zero-order chi connectivity index (χ0) is 13.5. The Morgan fingerprint density at radius 1 is 1.44 bits per heavy atom. The number of carbonyl (C=O) groups is 1. The third kappa shape index (κ3) is 3.56. The third-order valence-corrected chi connectivity index (χ3v) is 2.93. The highest BCUT2D eigenvalue weighted by Gasteiger charge is 2.19. The third-order valence-electron chi connectivity index (χ3n) is 2.17. The molecule has 0 fully saturated rings. The molecule has 1 rings (SSSR count). The second kappa shape index (κ2) is 7.14. The number of aldehydes is 1. The number of nitro groups is 1. The number of rotatable bonds is 7. The summed E-state index contributed by atoms with van der Waals surface area (Å²) in [6.45, 7) is 0.468. The van der Waals surface area contributed by atoms with Crippen LogP contribution in [-0.4, -0.2) is 29.4 Å². The van der Waals surface area contributed by atoms with Gasteiger partial charge in [0.05, 0.1) is 30.3 Å². The van der Waals surface area contributed by atoms with E-state index in [1.54, 1.807) is 0 Å². The molecule has 0 aromatic heterocycles. The summed E-state index contributed by atoms with van der Waals surface area (Å²) in [7, 11) is 1.39. The first-order chi connectivity index (χ1) is 8.63. The number of carbonyl (C=O) groups excluding carboxylic acids is 1. The van der Waals surface area contributed by atoms with E-state index in [0.29, 0.717) is 18.6 Å². The molecule has 0 aliphatic carbocycles. The first kappa shape index (κ1) is 14.7. The molecule has 0 heterocycles. The summed E-state index contributed by atoms with van der Waals surface area (Å²) < 4.78 is 11.4. The Morgan fingerprint density at radius 3 is 2.67 bits per heavy atom. The lowest BCUT2D eigenvalue weighted by molar-refractivity contribution is -0.385. The van der Waals surface area contributed by atoms with Crippen LogP contribution in [0.15, 0.2) is 12.1 Å². The smallest absolute Gasteiger partial charge is 0.283 e. The van der Waals surface area contributed by atoms with Gasteiger partial charge in [0.25, 0.3) is 5.69 Å². The standard InChI is InChI=1S/C11H12INO5/c1-17-10-6-9(13(15)16)8(7-14)5-11(10)18-4-2-3-12/h5-7H,2-4H2,1H3. The Kier molecular flexibility index (Phi) is 5.83. The van der Waals surface area contributed by atoms with E-state index in [2.05, 4.69) is 22.6 Å². The first-order valence-corrected chi connectivity index (χ1v) is 6.67. The van der Waals surface area contributed by atoms with Gasteiger partial charge in [-0.2, -0.15) is 0 Å². The van der Waals surface area contributed by atoms with Gasteiger partial charge in [-0.15, -0.1) is 0 Å². The lowest BCUT2D eigenvalue weighted by Crippen LogP contribution is -2.02. The van der Waals surface area contributed by atoms with Gasteiger partial charge in [0, 0.05) is 10.5 Å². The Balaban J connectivity index is 3.09. The van der Waals surface area contributed by atoms with Crippen LogP contribution in [0.4, 0.5) is 5.69 Å². The molecule has 0 saturated heterocycles. The molecule has 0 atom stereocenters. The molecular formula is C11H12INO5. The van der Waals surface area contributed by atoms with Gasteiger partial charge in [0.1, 0.15) is 0 Å². The summed E-state index contributed by atoms with van der Waals surface area (Å²) in [5.74, 6) is 0.593. The maximum absolute atomic E-state index is 10.8. The molecule has 0 bridgehead atoms. The first-order valence-electron chi connectivity index (χ1n) is 5.14. The van der Waals surface area contributed by atoms with E-state index in [-0.39, 0.29) is 17.0 Å². The molecule has 6 nitrogen and oxygen atoms in total.